The van der Waals surface area contributed by atoms with Crippen LogP contribution < -0.4 is 11.1 Å². The highest BCUT2D eigenvalue weighted by molar-refractivity contribution is 7.99. The van der Waals surface area contributed by atoms with E-state index in [9.17, 15) is 0 Å². The Hall–Kier alpha value is -0.900. The van der Waals surface area contributed by atoms with Gasteiger partial charge in [-0.05, 0) is 42.4 Å². The summed E-state index contributed by atoms with van der Waals surface area (Å²) in [5.74, 6) is 4.16. The molecule has 1 aliphatic heterocycles. The van der Waals surface area contributed by atoms with Gasteiger partial charge in [0.1, 0.15) is 5.82 Å². The number of hydrogen-bond donors (Lipinski definition) is 2. The Morgan fingerprint density at radius 3 is 3.20 bits per heavy atom. The highest BCUT2D eigenvalue weighted by Crippen LogP contribution is 2.24. The molecule has 15 heavy (non-hydrogen) atoms. The molecule has 2 heterocycles. The van der Waals surface area contributed by atoms with E-state index in [1.54, 1.807) is 0 Å². The Morgan fingerprint density at radius 2 is 2.53 bits per heavy atom. The van der Waals surface area contributed by atoms with Gasteiger partial charge in [-0.1, -0.05) is 0 Å². The zero-order valence-corrected chi connectivity index (χ0v) is 9.81. The van der Waals surface area contributed by atoms with Crippen LogP contribution in [0.15, 0.2) is 12.3 Å². The van der Waals surface area contributed by atoms with E-state index >= 15 is 0 Å². The van der Waals surface area contributed by atoms with Gasteiger partial charge in [0.15, 0.2) is 0 Å². The van der Waals surface area contributed by atoms with E-state index in [4.69, 9.17) is 5.73 Å². The van der Waals surface area contributed by atoms with Gasteiger partial charge in [-0.25, -0.2) is 4.98 Å². The van der Waals surface area contributed by atoms with Gasteiger partial charge in [-0.3, -0.25) is 0 Å². The molecule has 0 radical (unpaired) electrons. The molecule has 0 aromatic carbocycles. The smallest absolute Gasteiger partial charge is 0.149 e. The minimum atomic E-state index is 0.751. The Bertz CT molecular complexity index is 335. The van der Waals surface area contributed by atoms with Gasteiger partial charge in [-0.15, -0.1) is 0 Å². The van der Waals surface area contributed by atoms with Gasteiger partial charge in [-0.2, -0.15) is 11.8 Å². The summed E-state index contributed by atoms with van der Waals surface area (Å²) in [5, 5.41) is 3.33. The van der Waals surface area contributed by atoms with Gasteiger partial charge >= 0.3 is 0 Å². The number of rotatable bonds is 3. The van der Waals surface area contributed by atoms with Gasteiger partial charge in [0, 0.05) is 12.7 Å². The van der Waals surface area contributed by atoms with Crippen molar-refractivity contribution in [1.82, 2.24) is 4.98 Å². The van der Waals surface area contributed by atoms with E-state index in [2.05, 4.69) is 10.3 Å². The third-order valence-electron chi connectivity index (χ3n) is 2.64. The fourth-order valence-electron chi connectivity index (χ4n) is 1.72. The molecule has 3 N–H and O–H groups in total. The summed E-state index contributed by atoms with van der Waals surface area (Å²) < 4.78 is 0. The Kier molecular flexibility index (Phi) is 3.36. The predicted octanol–water partition coefficient (Wildman–Crippen LogP) is 2.14. The zero-order valence-electron chi connectivity index (χ0n) is 8.99. The van der Waals surface area contributed by atoms with Crippen molar-refractivity contribution in [2.75, 3.05) is 29.1 Å². The molecule has 1 aromatic heterocycles. The van der Waals surface area contributed by atoms with Crippen molar-refractivity contribution in [3.05, 3.63) is 17.8 Å². The molecule has 1 aromatic rings. The molecule has 0 bridgehead atoms. The molecule has 0 aliphatic carbocycles. The summed E-state index contributed by atoms with van der Waals surface area (Å²) >= 11 is 2.03. The van der Waals surface area contributed by atoms with E-state index in [0.717, 1.165) is 29.5 Å². The van der Waals surface area contributed by atoms with Crippen molar-refractivity contribution < 1.29 is 0 Å². The number of nitrogens with one attached hydrogen (secondary N) is 1. The van der Waals surface area contributed by atoms with E-state index in [0.29, 0.717) is 0 Å². The highest BCUT2D eigenvalue weighted by atomic mass is 32.2. The molecule has 1 saturated heterocycles. The number of aromatic nitrogens is 1. The van der Waals surface area contributed by atoms with Crippen LogP contribution in [0, 0.1) is 12.8 Å². The number of nitrogen functional groups attached to an aromatic ring is 1. The van der Waals surface area contributed by atoms with Crippen LogP contribution in [-0.4, -0.2) is 23.0 Å². The maximum absolute atomic E-state index is 5.88. The normalized spacial score (nSPS) is 20.5. The molecule has 1 aliphatic rings. The molecule has 0 saturated carbocycles. The molecule has 3 nitrogen and oxygen atoms in total. The lowest BCUT2D eigenvalue weighted by Crippen LogP contribution is -2.15. The Morgan fingerprint density at radius 1 is 1.67 bits per heavy atom. The Balaban J connectivity index is 1.92. The second kappa shape index (κ2) is 4.75. The lowest BCUT2D eigenvalue weighted by Gasteiger charge is -2.12. The quantitative estimate of drug-likeness (QED) is 0.824. The second-order valence-corrected chi connectivity index (χ2v) is 5.21. The van der Waals surface area contributed by atoms with E-state index in [1.807, 2.05) is 30.9 Å². The van der Waals surface area contributed by atoms with Crippen LogP contribution in [-0.2, 0) is 0 Å². The van der Waals surface area contributed by atoms with Crippen LogP contribution >= 0.6 is 11.8 Å². The van der Waals surface area contributed by atoms with Crippen molar-refractivity contribution in [3.63, 3.8) is 0 Å². The monoisotopic (exact) mass is 223 g/mol. The first-order valence-corrected chi connectivity index (χ1v) is 6.45. The molecule has 2 rings (SSSR count). The molecule has 0 spiro atoms. The van der Waals surface area contributed by atoms with Gasteiger partial charge in [0.05, 0.1) is 5.69 Å². The first kappa shape index (κ1) is 10.6. The molecule has 82 valence electrons. The zero-order chi connectivity index (χ0) is 10.7. The summed E-state index contributed by atoms with van der Waals surface area (Å²) in [6.45, 7) is 2.99. The summed E-state index contributed by atoms with van der Waals surface area (Å²) in [6.07, 6.45) is 3.16. The number of pyridine rings is 1. The summed E-state index contributed by atoms with van der Waals surface area (Å²) in [4.78, 5) is 4.30. The van der Waals surface area contributed by atoms with Crippen LogP contribution in [0.4, 0.5) is 11.5 Å². The largest absolute Gasteiger partial charge is 0.396 e. The van der Waals surface area contributed by atoms with E-state index in [1.165, 1.54) is 17.9 Å². The van der Waals surface area contributed by atoms with Crippen LogP contribution in [0.3, 0.4) is 0 Å². The van der Waals surface area contributed by atoms with Crippen LogP contribution in [0.2, 0.25) is 0 Å². The van der Waals surface area contributed by atoms with E-state index < -0.39 is 0 Å². The number of aryl methyl sites for hydroxylation is 1. The second-order valence-electron chi connectivity index (χ2n) is 4.06. The average molecular weight is 223 g/mol. The standard InChI is InChI=1S/C11H17N3S/c1-8-4-10(12)11(13-5-8)14-6-9-2-3-15-7-9/h4-5,9H,2-3,6-7,12H2,1H3,(H,13,14). The third kappa shape index (κ3) is 2.78. The molecule has 0 amide bonds. The maximum atomic E-state index is 5.88. The SMILES string of the molecule is Cc1cnc(NCC2CCSC2)c(N)c1. The third-order valence-corrected chi connectivity index (χ3v) is 3.87. The van der Waals surface area contributed by atoms with Gasteiger partial charge in [0.2, 0.25) is 0 Å². The van der Waals surface area contributed by atoms with Crippen LogP contribution in [0.25, 0.3) is 0 Å². The topological polar surface area (TPSA) is 50.9 Å². The van der Waals surface area contributed by atoms with Crippen molar-refractivity contribution >= 4 is 23.3 Å². The van der Waals surface area contributed by atoms with Crippen molar-refractivity contribution in [3.8, 4) is 0 Å². The summed E-state index contributed by atoms with van der Waals surface area (Å²) in [5.41, 5.74) is 7.73. The van der Waals surface area contributed by atoms with Crippen LogP contribution in [0.1, 0.15) is 12.0 Å². The summed E-state index contributed by atoms with van der Waals surface area (Å²) in [7, 11) is 0. The molecular weight excluding hydrogens is 206 g/mol. The summed E-state index contributed by atoms with van der Waals surface area (Å²) in [6, 6.07) is 1.96. The number of nitrogens with zero attached hydrogens (tertiary/aromatic N) is 1. The fraction of sp³-hybridized carbons (Fsp3) is 0.545. The first-order valence-electron chi connectivity index (χ1n) is 5.29. The molecule has 4 heteroatoms. The van der Waals surface area contributed by atoms with Gasteiger partial charge in [0.25, 0.3) is 0 Å². The highest BCUT2D eigenvalue weighted by Gasteiger charge is 2.15. The molecular formula is C11H17N3S. The maximum Gasteiger partial charge on any atom is 0.149 e. The lowest BCUT2D eigenvalue weighted by atomic mass is 10.1. The number of thioether (sulfide) groups is 1. The number of nitrogens with two attached hydrogens (primary N) is 1. The number of hydrogen-bond acceptors (Lipinski definition) is 4. The molecule has 1 fully saturated rings. The molecule has 1 unspecified atom stereocenters. The minimum absolute atomic E-state index is 0.751. The van der Waals surface area contributed by atoms with Crippen molar-refractivity contribution in [2.24, 2.45) is 5.92 Å². The van der Waals surface area contributed by atoms with Crippen molar-refractivity contribution in [1.29, 1.82) is 0 Å². The van der Waals surface area contributed by atoms with Gasteiger partial charge < -0.3 is 11.1 Å². The van der Waals surface area contributed by atoms with E-state index in [-0.39, 0.29) is 0 Å². The first-order chi connectivity index (χ1) is 7.25. The van der Waals surface area contributed by atoms with Crippen LogP contribution in [0.5, 0.6) is 0 Å². The predicted molar refractivity (Wildman–Crippen MR) is 67.3 cm³/mol. The minimum Gasteiger partial charge on any atom is -0.396 e. The molecule has 1 atom stereocenters. The fourth-order valence-corrected chi connectivity index (χ4v) is 3.01. The average Bonchev–Trinajstić information content (AvgIpc) is 2.69. The van der Waals surface area contributed by atoms with Crippen molar-refractivity contribution in [2.45, 2.75) is 13.3 Å². The Labute approximate surface area is 94.8 Å². The number of anilines is 2. The lowest BCUT2D eigenvalue weighted by molar-refractivity contribution is 0.631.